The molecule has 0 aromatic heterocycles. The van der Waals surface area contributed by atoms with Gasteiger partial charge in [-0.1, -0.05) is 36.4 Å². The summed E-state index contributed by atoms with van der Waals surface area (Å²) < 4.78 is 0. The molecule has 140 valence electrons. The van der Waals surface area contributed by atoms with Crippen LogP contribution in [0.2, 0.25) is 0 Å². The molecule has 7 heteroatoms. The van der Waals surface area contributed by atoms with Gasteiger partial charge in [-0.2, -0.15) is 0 Å². The molecule has 1 heterocycles. The van der Waals surface area contributed by atoms with Crippen molar-refractivity contribution in [3.8, 4) is 0 Å². The van der Waals surface area contributed by atoms with Crippen molar-refractivity contribution in [2.45, 2.75) is 25.7 Å². The van der Waals surface area contributed by atoms with E-state index in [4.69, 9.17) is 0 Å². The SMILES string of the molecule is O=C(Cc1ccccc1[N+](=O)[O-])NCCC(=O)N1CCCc2ccccc21. The molecule has 2 aromatic carbocycles. The molecule has 0 atom stereocenters. The number of nitro groups is 1. The number of rotatable bonds is 6. The maximum absolute atomic E-state index is 12.5. The van der Waals surface area contributed by atoms with Crippen LogP contribution >= 0.6 is 0 Å². The lowest BCUT2D eigenvalue weighted by molar-refractivity contribution is -0.385. The average molecular weight is 367 g/mol. The summed E-state index contributed by atoms with van der Waals surface area (Å²) in [5.74, 6) is -0.371. The summed E-state index contributed by atoms with van der Waals surface area (Å²) in [6.07, 6.45) is 1.99. The third-order valence-electron chi connectivity index (χ3n) is 4.61. The molecule has 1 aliphatic heterocycles. The molecule has 0 fully saturated rings. The molecule has 0 aliphatic carbocycles. The first-order valence-electron chi connectivity index (χ1n) is 8.93. The fourth-order valence-electron chi connectivity index (χ4n) is 3.31. The molecule has 0 saturated heterocycles. The monoisotopic (exact) mass is 367 g/mol. The van der Waals surface area contributed by atoms with Crippen molar-refractivity contribution >= 4 is 23.2 Å². The summed E-state index contributed by atoms with van der Waals surface area (Å²) in [4.78, 5) is 36.9. The molecule has 0 bridgehead atoms. The van der Waals surface area contributed by atoms with Gasteiger partial charge in [0.1, 0.15) is 0 Å². The number of carbonyl (C=O) groups excluding carboxylic acids is 2. The van der Waals surface area contributed by atoms with E-state index in [9.17, 15) is 19.7 Å². The molecule has 2 amide bonds. The summed E-state index contributed by atoms with van der Waals surface area (Å²) in [7, 11) is 0. The second-order valence-corrected chi connectivity index (χ2v) is 6.44. The van der Waals surface area contributed by atoms with Crippen molar-refractivity contribution in [3.63, 3.8) is 0 Å². The second kappa shape index (κ2) is 8.44. The van der Waals surface area contributed by atoms with Crippen molar-refractivity contribution in [1.29, 1.82) is 0 Å². The van der Waals surface area contributed by atoms with E-state index in [2.05, 4.69) is 5.32 Å². The molecule has 1 aliphatic rings. The smallest absolute Gasteiger partial charge is 0.273 e. The summed E-state index contributed by atoms with van der Waals surface area (Å²) >= 11 is 0. The molecule has 27 heavy (non-hydrogen) atoms. The fourth-order valence-corrected chi connectivity index (χ4v) is 3.31. The Bertz CT molecular complexity index is 866. The highest BCUT2D eigenvalue weighted by molar-refractivity contribution is 5.95. The zero-order chi connectivity index (χ0) is 19.2. The molecule has 0 spiro atoms. The minimum atomic E-state index is -0.500. The molecule has 2 aromatic rings. The Kier molecular flexibility index (Phi) is 5.80. The van der Waals surface area contributed by atoms with E-state index in [1.54, 1.807) is 23.1 Å². The Morgan fingerprint density at radius 1 is 1.11 bits per heavy atom. The first kappa shape index (κ1) is 18.6. The van der Waals surface area contributed by atoms with Gasteiger partial charge >= 0.3 is 0 Å². The zero-order valence-electron chi connectivity index (χ0n) is 14.9. The third kappa shape index (κ3) is 4.49. The van der Waals surface area contributed by atoms with Gasteiger partial charge in [0, 0.05) is 36.8 Å². The lowest BCUT2D eigenvalue weighted by Crippen LogP contribution is -2.38. The number of fused-ring (bicyclic) bond motifs is 1. The molecule has 7 nitrogen and oxygen atoms in total. The lowest BCUT2D eigenvalue weighted by Gasteiger charge is -2.29. The number of anilines is 1. The third-order valence-corrected chi connectivity index (χ3v) is 4.61. The summed E-state index contributed by atoms with van der Waals surface area (Å²) in [6.45, 7) is 0.886. The normalized spacial score (nSPS) is 13.0. The number of para-hydroxylation sites is 2. The molecule has 0 radical (unpaired) electrons. The topological polar surface area (TPSA) is 92.5 Å². The van der Waals surface area contributed by atoms with E-state index in [0.29, 0.717) is 12.1 Å². The van der Waals surface area contributed by atoms with Gasteiger partial charge in [-0.15, -0.1) is 0 Å². The summed E-state index contributed by atoms with van der Waals surface area (Å²) in [5.41, 5.74) is 2.39. The van der Waals surface area contributed by atoms with Crippen molar-refractivity contribution in [2.24, 2.45) is 0 Å². The molecule has 3 rings (SSSR count). The number of amides is 2. The number of carbonyl (C=O) groups is 2. The van der Waals surface area contributed by atoms with Crippen LogP contribution in [-0.2, 0) is 22.4 Å². The van der Waals surface area contributed by atoms with Crippen LogP contribution in [0.15, 0.2) is 48.5 Å². The summed E-state index contributed by atoms with van der Waals surface area (Å²) in [5, 5.41) is 13.7. The lowest BCUT2D eigenvalue weighted by atomic mass is 10.0. The maximum atomic E-state index is 12.5. The second-order valence-electron chi connectivity index (χ2n) is 6.44. The molecular formula is C20H21N3O4. The molecular weight excluding hydrogens is 346 g/mol. The molecule has 1 N–H and O–H groups in total. The van der Waals surface area contributed by atoms with Gasteiger partial charge in [0.2, 0.25) is 11.8 Å². The van der Waals surface area contributed by atoms with Gasteiger partial charge in [0.05, 0.1) is 11.3 Å². The largest absolute Gasteiger partial charge is 0.355 e. The van der Waals surface area contributed by atoms with Crippen LogP contribution < -0.4 is 10.2 Å². The van der Waals surface area contributed by atoms with Crippen LogP contribution in [-0.4, -0.2) is 29.8 Å². The number of nitrogens with zero attached hydrogens (tertiary/aromatic N) is 2. The van der Waals surface area contributed by atoms with Gasteiger partial charge in [-0.05, 0) is 24.5 Å². The Morgan fingerprint density at radius 3 is 2.67 bits per heavy atom. The molecule has 0 unspecified atom stereocenters. The molecule has 0 saturated carbocycles. The van der Waals surface area contributed by atoms with Crippen LogP contribution in [0, 0.1) is 10.1 Å². The van der Waals surface area contributed by atoms with E-state index >= 15 is 0 Å². The van der Waals surface area contributed by atoms with Gasteiger partial charge in [0.25, 0.3) is 5.69 Å². The highest BCUT2D eigenvalue weighted by atomic mass is 16.6. The van der Waals surface area contributed by atoms with Crippen LogP contribution in [0.25, 0.3) is 0 Å². The zero-order valence-corrected chi connectivity index (χ0v) is 14.9. The van der Waals surface area contributed by atoms with E-state index in [0.717, 1.165) is 24.1 Å². The minimum Gasteiger partial charge on any atom is -0.355 e. The number of hydrogen-bond acceptors (Lipinski definition) is 4. The van der Waals surface area contributed by atoms with E-state index in [1.165, 1.54) is 6.07 Å². The van der Waals surface area contributed by atoms with Crippen LogP contribution in [0.1, 0.15) is 24.0 Å². The number of benzene rings is 2. The van der Waals surface area contributed by atoms with Gasteiger partial charge in [0.15, 0.2) is 0 Å². The predicted octanol–water partition coefficient (Wildman–Crippen LogP) is 2.62. The quantitative estimate of drug-likeness (QED) is 0.627. The number of hydrogen-bond donors (Lipinski definition) is 1. The van der Waals surface area contributed by atoms with Crippen molar-refractivity contribution in [2.75, 3.05) is 18.0 Å². The first-order chi connectivity index (χ1) is 13.1. The van der Waals surface area contributed by atoms with E-state index in [1.807, 2.05) is 24.3 Å². The van der Waals surface area contributed by atoms with Crippen molar-refractivity contribution in [1.82, 2.24) is 5.32 Å². The van der Waals surface area contributed by atoms with Gasteiger partial charge in [-0.3, -0.25) is 19.7 Å². The number of aryl methyl sites for hydroxylation is 1. The maximum Gasteiger partial charge on any atom is 0.273 e. The highest BCUT2D eigenvalue weighted by Gasteiger charge is 2.22. The highest BCUT2D eigenvalue weighted by Crippen LogP contribution is 2.27. The fraction of sp³-hybridized carbons (Fsp3) is 0.300. The van der Waals surface area contributed by atoms with E-state index < -0.39 is 4.92 Å². The van der Waals surface area contributed by atoms with Crippen LogP contribution in [0.3, 0.4) is 0 Å². The van der Waals surface area contributed by atoms with Crippen molar-refractivity contribution < 1.29 is 14.5 Å². The Labute approximate surface area is 157 Å². The predicted molar refractivity (Wildman–Crippen MR) is 102 cm³/mol. The first-order valence-corrected chi connectivity index (χ1v) is 8.93. The minimum absolute atomic E-state index is 0.0341. The van der Waals surface area contributed by atoms with Crippen molar-refractivity contribution in [3.05, 3.63) is 69.8 Å². The van der Waals surface area contributed by atoms with Crippen LogP contribution in [0.5, 0.6) is 0 Å². The van der Waals surface area contributed by atoms with E-state index in [-0.39, 0.29) is 36.9 Å². The Balaban J connectivity index is 1.52. The Hall–Kier alpha value is -3.22. The average Bonchev–Trinajstić information content (AvgIpc) is 2.67. The standard InChI is InChI=1S/C20H21N3O4/c24-19(14-16-7-2-4-10-18(16)23(26)27)21-12-11-20(25)22-13-5-8-15-6-1-3-9-17(15)22/h1-4,6-7,9-10H,5,8,11-14H2,(H,21,24). The summed E-state index contributed by atoms with van der Waals surface area (Å²) in [6, 6.07) is 14.0. The Morgan fingerprint density at radius 2 is 1.85 bits per heavy atom. The number of nitro benzene ring substituents is 1. The van der Waals surface area contributed by atoms with Gasteiger partial charge in [-0.25, -0.2) is 0 Å². The van der Waals surface area contributed by atoms with Gasteiger partial charge < -0.3 is 10.2 Å². The van der Waals surface area contributed by atoms with Crippen LogP contribution in [0.4, 0.5) is 11.4 Å². The number of nitrogens with one attached hydrogen (secondary N) is 1.